The van der Waals surface area contributed by atoms with E-state index in [1.807, 2.05) is 61.5 Å². The van der Waals surface area contributed by atoms with Crippen LogP contribution in [0.3, 0.4) is 0 Å². The number of nitrogens with zero attached hydrogens (tertiary/aromatic N) is 5. The van der Waals surface area contributed by atoms with Gasteiger partial charge in [-0.2, -0.15) is 14.9 Å². The largest absolute Gasteiger partial charge is 0.310 e. The molecular weight excluding hydrogens is 444 g/mol. The summed E-state index contributed by atoms with van der Waals surface area (Å²) in [4.78, 5) is 17.2. The van der Waals surface area contributed by atoms with Crippen molar-refractivity contribution in [2.75, 3.05) is 5.32 Å². The highest BCUT2D eigenvalue weighted by molar-refractivity contribution is 9.10. The Labute approximate surface area is 181 Å². The van der Waals surface area contributed by atoms with Crippen molar-refractivity contribution < 1.29 is 4.79 Å². The van der Waals surface area contributed by atoms with Crippen molar-refractivity contribution >= 4 is 27.7 Å². The smallest absolute Gasteiger partial charge is 0.272 e. The van der Waals surface area contributed by atoms with Crippen LogP contribution in [-0.2, 0) is 4.79 Å². The van der Waals surface area contributed by atoms with Crippen molar-refractivity contribution in [1.82, 2.24) is 25.0 Å². The van der Waals surface area contributed by atoms with Crippen molar-refractivity contribution in [1.29, 1.82) is 0 Å². The molecule has 30 heavy (non-hydrogen) atoms. The van der Waals surface area contributed by atoms with Gasteiger partial charge in [-0.25, -0.2) is 4.98 Å². The van der Waals surface area contributed by atoms with Crippen molar-refractivity contribution in [3.63, 3.8) is 0 Å². The van der Waals surface area contributed by atoms with Crippen molar-refractivity contribution in [2.45, 2.75) is 19.3 Å². The van der Waals surface area contributed by atoms with Gasteiger partial charge in [-0.15, -0.1) is 5.10 Å². The summed E-state index contributed by atoms with van der Waals surface area (Å²) < 4.78 is 2.54. The van der Waals surface area contributed by atoms with Crippen LogP contribution in [-0.4, -0.2) is 30.9 Å². The number of nitrogens with one attached hydrogen (secondary N) is 1. The monoisotopic (exact) mass is 460 g/mol. The minimum Gasteiger partial charge on any atom is -0.310 e. The molecule has 2 aromatic carbocycles. The molecule has 0 saturated carbocycles. The van der Waals surface area contributed by atoms with Crippen molar-refractivity contribution in [3.05, 3.63) is 82.1 Å². The van der Waals surface area contributed by atoms with Gasteiger partial charge in [-0.1, -0.05) is 64.5 Å². The number of fused-ring (bicyclic) bond motifs is 1. The number of anilines is 1. The third-order valence-electron chi connectivity index (χ3n) is 5.19. The summed E-state index contributed by atoms with van der Waals surface area (Å²) in [5.41, 5.74) is 4.46. The van der Waals surface area contributed by atoms with Crippen LogP contribution in [0.4, 0.5) is 5.82 Å². The highest BCUT2D eigenvalue weighted by Crippen LogP contribution is 2.42. The second kappa shape index (κ2) is 7.46. The van der Waals surface area contributed by atoms with Gasteiger partial charge in [0.25, 0.3) is 5.95 Å². The standard InChI is InChI=1S/C22H17BrN6O/c1-13-20-16(15-9-5-6-10-17(15)23)11-19(30)26-21(20)29(28-13)22-25-18(12-24-27-22)14-7-3-2-4-8-14/h2-10,12,16H,11H2,1H3,(H,26,30). The fourth-order valence-electron chi connectivity index (χ4n) is 3.85. The van der Waals surface area contributed by atoms with E-state index in [2.05, 4.69) is 41.5 Å². The lowest BCUT2D eigenvalue weighted by atomic mass is 9.86. The van der Waals surface area contributed by atoms with Gasteiger partial charge in [0, 0.05) is 27.9 Å². The number of carbonyl (C=O) groups excluding carboxylic acids is 1. The molecule has 1 atom stereocenters. The number of carbonyl (C=O) groups is 1. The van der Waals surface area contributed by atoms with Gasteiger partial charge in [0.1, 0.15) is 5.82 Å². The Morgan fingerprint density at radius 3 is 2.67 bits per heavy atom. The lowest BCUT2D eigenvalue weighted by Gasteiger charge is -2.24. The molecule has 0 bridgehead atoms. The normalized spacial score (nSPS) is 15.5. The van der Waals surface area contributed by atoms with Crippen molar-refractivity contribution in [2.24, 2.45) is 0 Å². The summed E-state index contributed by atoms with van der Waals surface area (Å²) in [6, 6.07) is 17.7. The van der Waals surface area contributed by atoms with Gasteiger partial charge in [-0.3, -0.25) is 4.79 Å². The Morgan fingerprint density at radius 1 is 1.10 bits per heavy atom. The zero-order chi connectivity index (χ0) is 20.7. The molecule has 0 spiro atoms. The molecule has 1 aliphatic rings. The molecule has 3 heterocycles. The Balaban J connectivity index is 1.64. The van der Waals surface area contributed by atoms with Crippen molar-refractivity contribution in [3.8, 4) is 17.2 Å². The summed E-state index contributed by atoms with van der Waals surface area (Å²) >= 11 is 3.62. The lowest BCUT2D eigenvalue weighted by Crippen LogP contribution is -2.25. The molecule has 8 heteroatoms. The van der Waals surface area contributed by atoms with Crippen LogP contribution in [0.1, 0.15) is 29.2 Å². The molecule has 0 radical (unpaired) electrons. The molecule has 148 valence electrons. The van der Waals surface area contributed by atoms with Crippen LogP contribution >= 0.6 is 15.9 Å². The van der Waals surface area contributed by atoms with Crippen LogP contribution in [0.2, 0.25) is 0 Å². The van der Waals surface area contributed by atoms with E-state index in [0.717, 1.165) is 26.9 Å². The van der Waals surface area contributed by atoms with E-state index in [4.69, 9.17) is 0 Å². The molecule has 0 aliphatic carbocycles. The first-order valence-electron chi connectivity index (χ1n) is 9.51. The number of hydrogen-bond acceptors (Lipinski definition) is 5. The SMILES string of the molecule is Cc1nn(-c2nncc(-c3ccccc3)n2)c2c1C(c1ccccc1Br)CC(=O)N2. The molecular formula is C22H17BrN6O. The minimum absolute atomic E-state index is 0.0726. The summed E-state index contributed by atoms with van der Waals surface area (Å²) in [5, 5.41) is 15.9. The van der Waals surface area contributed by atoms with E-state index in [1.165, 1.54) is 0 Å². The molecule has 2 aromatic heterocycles. The highest BCUT2D eigenvalue weighted by atomic mass is 79.9. The van der Waals surface area contributed by atoms with Crippen LogP contribution in [0.25, 0.3) is 17.2 Å². The van der Waals surface area contributed by atoms with Crippen LogP contribution in [0.5, 0.6) is 0 Å². The number of aromatic nitrogens is 5. The topological polar surface area (TPSA) is 85.6 Å². The summed E-state index contributed by atoms with van der Waals surface area (Å²) in [6.45, 7) is 1.94. The first-order valence-corrected chi connectivity index (χ1v) is 10.3. The van der Waals surface area contributed by atoms with Gasteiger partial charge in [0.15, 0.2) is 0 Å². The molecule has 4 aromatic rings. The summed E-state index contributed by atoms with van der Waals surface area (Å²) in [5.74, 6) is 0.727. The van der Waals surface area contributed by atoms with Gasteiger partial charge >= 0.3 is 0 Å². The van der Waals surface area contributed by atoms with E-state index in [-0.39, 0.29) is 11.8 Å². The zero-order valence-electron chi connectivity index (χ0n) is 16.1. The molecule has 1 aliphatic heterocycles. The second-order valence-corrected chi connectivity index (χ2v) is 7.95. The average Bonchev–Trinajstić information content (AvgIpc) is 3.10. The summed E-state index contributed by atoms with van der Waals surface area (Å²) in [7, 11) is 0. The number of aryl methyl sites for hydroxylation is 1. The maximum atomic E-state index is 12.6. The fraction of sp³-hybridized carbons (Fsp3) is 0.136. The predicted octanol–water partition coefficient (Wildman–Crippen LogP) is 4.27. The Morgan fingerprint density at radius 2 is 1.87 bits per heavy atom. The van der Waals surface area contributed by atoms with Crippen LogP contribution in [0, 0.1) is 6.92 Å². The number of amides is 1. The van der Waals surface area contributed by atoms with Gasteiger partial charge in [0.05, 0.1) is 17.6 Å². The highest BCUT2D eigenvalue weighted by Gasteiger charge is 2.34. The van der Waals surface area contributed by atoms with Crippen LogP contribution in [0.15, 0.2) is 65.3 Å². The summed E-state index contributed by atoms with van der Waals surface area (Å²) in [6.07, 6.45) is 1.97. The average molecular weight is 461 g/mol. The maximum Gasteiger partial charge on any atom is 0.272 e. The van der Waals surface area contributed by atoms with E-state index in [1.54, 1.807) is 10.9 Å². The lowest BCUT2D eigenvalue weighted by molar-refractivity contribution is -0.116. The molecule has 1 amide bonds. The van der Waals surface area contributed by atoms with E-state index < -0.39 is 0 Å². The minimum atomic E-state index is -0.108. The second-order valence-electron chi connectivity index (χ2n) is 7.09. The predicted molar refractivity (Wildman–Crippen MR) is 116 cm³/mol. The Kier molecular flexibility index (Phi) is 4.63. The van der Waals surface area contributed by atoms with E-state index in [0.29, 0.717) is 23.9 Å². The van der Waals surface area contributed by atoms with Crippen LogP contribution < -0.4 is 5.32 Å². The molecule has 7 nitrogen and oxygen atoms in total. The third kappa shape index (κ3) is 3.19. The first-order chi connectivity index (χ1) is 14.6. The number of halogens is 1. The van der Waals surface area contributed by atoms with Gasteiger partial charge in [0.2, 0.25) is 5.91 Å². The number of rotatable bonds is 3. The van der Waals surface area contributed by atoms with E-state index in [9.17, 15) is 4.79 Å². The first kappa shape index (κ1) is 18.6. The zero-order valence-corrected chi connectivity index (χ0v) is 17.7. The quantitative estimate of drug-likeness (QED) is 0.493. The van der Waals surface area contributed by atoms with Gasteiger partial charge in [-0.05, 0) is 18.6 Å². The number of hydrogen-bond donors (Lipinski definition) is 1. The van der Waals surface area contributed by atoms with Gasteiger partial charge < -0.3 is 5.32 Å². The Hall–Kier alpha value is -3.39. The molecule has 5 rings (SSSR count). The molecule has 0 fully saturated rings. The fourth-order valence-corrected chi connectivity index (χ4v) is 4.41. The molecule has 1 N–H and O–H groups in total. The molecule has 1 unspecified atom stereocenters. The maximum absolute atomic E-state index is 12.6. The number of benzene rings is 2. The third-order valence-corrected chi connectivity index (χ3v) is 5.91. The molecule has 0 saturated heterocycles. The van der Waals surface area contributed by atoms with E-state index >= 15 is 0 Å². The Bertz CT molecular complexity index is 1250.